The molecule has 1 aromatic rings. The lowest BCUT2D eigenvalue weighted by molar-refractivity contribution is -0.147. The van der Waals surface area contributed by atoms with Crippen molar-refractivity contribution in [3.63, 3.8) is 0 Å². The highest BCUT2D eigenvalue weighted by Crippen LogP contribution is 2.18. The summed E-state index contributed by atoms with van der Waals surface area (Å²) in [5.41, 5.74) is 0. The van der Waals surface area contributed by atoms with Gasteiger partial charge in [-0.3, -0.25) is 14.4 Å². The molecule has 0 aliphatic carbocycles. The average molecular weight is 547 g/mol. The standard InChI is InChI=1S/C29H38O10/c1-6-35-29(33)15-9-13-27(38-22(3)31)11-7-10-26(37-21(2)30)12-8-14-28(39-23(4)32)20-36-25-18-16-24(34-5)17-19-25/h7-9,11-12,15-19,26-28H,6,10,13-14,20H2,1-5H3/b11-7+,12-8+,15-9+/t26-,27+,28+/m1/s1. The fourth-order valence-corrected chi connectivity index (χ4v) is 3.24. The van der Waals surface area contributed by atoms with Crippen LogP contribution in [0.2, 0.25) is 0 Å². The van der Waals surface area contributed by atoms with E-state index in [0.717, 1.165) is 0 Å². The molecule has 214 valence electrons. The van der Waals surface area contributed by atoms with Gasteiger partial charge < -0.3 is 28.4 Å². The van der Waals surface area contributed by atoms with Crippen molar-refractivity contribution in [2.45, 2.75) is 65.3 Å². The Morgan fingerprint density at radius 1 is 0.744 bits per heavy atom. The van der Waals surface area contributed by atoms with E-state index in [0.29, 0.717) is 24.3 Å². The van der Waals surface area contributed by atoms with Crippen LogP contribution in [0.4, 0.5) is 0 Å². The second-order valence-corrected chi connectivity index (χ2v) is 8.23. The molecule has 0 N–H and O–H groups in total. The Kier molecular flexibility index (Phi) is 16.1. The Morgan fingerprint density at radius 3 is 1.77 bits per heavy atom. The number of ether oxygens (including phenoxy) is 6. The summed E-state index contributed by atoms with van der Waals surface area (Å²) < 4.78 is 31.7. The number of benzene rings is 1. The fourth-order valence-electron chi connectivity index (χ4n) is 3.24. The molecule has 0 bridgehead atoms. The lowest BCUT2D eigenvalue weighted by Gasteiger charge is -2.17. The lowest BCUT2D eigenvalue weighted by atomic mass is 10.1. The zero-order valence-electron chi connectivity index (χ0n) is 23.1. The van der Waals surface area contributed by atoms with Gasteiger partial charge in [-0.05, 0) is 43.3 Å². The molecule has 0 aliphatic heterocycles. The highest BCUT2D eigenvalue weighted by Gasteiger charge is 2.14. The molecule has 10 nitrogen and oxygen atoms in total. The summed E-state index contributed by atoms with van der Waals surface area (Å²) in [7, 11) is 1.57. The molecule has 0 radical (unpaired) electrons. The summed E-state index contributed by atoms with van der Waals surface area (Å²) in [6, 6.07) is 7.02. The van der Waals surface area contributed by atoms with Crippen molar-refractivity contribution < 1.29 is 47.6 Å². The van der Waals surface area contributed by atoms with E-state index in [-0.39, 0.29) is 19.6 Å². The Labute approximate surface area is 229 Å². The van der Waals surface area contributed by atoms with Crippen LogP contribution in [-0.4, -0.2) is 62.5 Å². The molecule has 0 aromatic heterocycles. The van der Waals surface area contributed by atoms with E-state index in [2.05, 4.69) is 0 Å². The molecule has 10 heteroatoms. The number of methoxy groups -OCH3 is 1. The van der Waals surface area contributed by atoms with Crippen LogP contribution in [0.3, 0.4) is 0 Å². The third-order valence-electron chi connectivity index (χ3n) is 4.84. The summed E-state index contributed by atoms with van der Waals surface area (Å²) in [4.78, 5) is 46.1. The van der Waals surface area contributed by atoms with Crippen molar-refractivity contribution in [2.24, 2.45) is 0 Å². The first-order chi connectivity index (χ1) is 18.6. The van der Waals surface area contributed by atoms with Crippen molar-refractivity contribution in [3.05, 3.63) is 60.7 Å². The van der Waals surface area contributed by atoms with Crippen LogP contribution in [0.15, 0.2) is 60.7 Å². The van der Waals surface area contributed by atoms with Crippen LogP contribution >= 0.6 is 0 Å². The van der Waals surface area contributed by atoms with Gasteiger partial charge in [0.25, 0.3) is 0 Å². The molecule has 39 heavy (non-hydrogen) atoms. The van der Waals surface area contributed by atoms with Crippen molar-refractivity contribution in [3.8, 4) is 11.5 Å². The molecular formula is C29H38O10. The number of rotatable bonds is 17. The van der Waals surface area contributed by atoms with Crippen LogP contribution in [0.1, 0.15) is 47.0 Å². The van der Waals surface area contributed by atoms with Gasteiger partial charge in [-0.2, -0.15) is 0 Å². The van der Waals surface area contributed by atoms with Gasteiger partial charge in [-0.25, -0.2) is 4.79 Å². The average Bonchev–Trinajstić information content (AvgIpc) is 2.86. The summed E-state index contributed by atoms with van der Waals surface area (Å²) in [6.07, 6.45) is 8.77. The molecular weight excluding hydrogens is 508 g/mol. The topological polar surface area (TPSA) is 124 Å². The molecule has 1 rings (SSSR count). The normalized spacial score (nSPS) is 13.6. The Balaban J connectivity index is 2.78. The zero-order chi connectivity index (χ0) is 29.0. The van der Waals surface area contributed by atoms with Gasteiger partial charge in [0.15, 0.2) is 0 Å². The number of carbonyl (C=O) groups excluding carboxylic acids is 4. The lowest BCUT2D eigenvalue weighted by Crippen LogP contribution is -2.23. The predicted molar refractivity (Wildman–Crippen MR) is 143 cm³/mol. The van der Waals surface area contributed by atoms with Crippen molar-refractivity contribution in [1.82, 2.24) is 0 Å². The number of hydrogen-bond acceptors (Lipinski definition) is 10. The van der Waals surface area contributed by atoms with Gasteiger partial charge in [0.2, 0.25) is 0 Å². The molecule has 0 heterocycles. The van der Waals surface area contributed by atoms with Gasteiger partial charge in [0, 0.05) is 46.1 Å². The third-order valence-corrected chi connectivity index (χ3v) is 4.84. The highest BCUT2D eigenvalue weighted by atomic mass is 16.6. The van der Waals surface area contributed by atoms with Crippen LogP contribution in [0, 0.1) is 0 Å². The van der Waals surface area contributed by atoms with E-state index in [1.807, 2.05) is 0 Å². The van der Waals surface area contributed by atoms with Crippen molar-refractivity contribution >= 4 is 23.9 Å². The van der Waals surface area contributed by atoms with Crippen LogP contribution < -0.4 is 9.47 Å². The van der Waals surface area contributed by atoms with Gasteiger partial charge in [-0.1, -0.05) is 18.2 Å². The first kappa shape index (κ1) is 32.9. The molecule has 0 amide bonds. The third kappa shape index (κ3) is 16.4. The van der Waals surface area contributed by atoms with Crippen molar-refractivity contribution in [1.29, 1.82) is 0 Å². The molecule has 0 saturated heterocycles. The first-order valence-electron chi connectivity index (χ1n) is 12.6. The first-order valence-corrected chi connectivity index (χ1v) is 12.6. The Morgan fingerprint density at radius 2 is 1.26 bits per heavy atom. The number of carbonyl (C=O) groups is 4. The van der Waals surface area contributed by atoms with E-state index in [4.69, 9.17) is 28.4 Å². The predicted octanol–water partition coefficient (Wildman–Crippen LogP) is 4.27. The quantitative estimate of drug-likeness (QED) is 0.121. The maximum absolute atomic E-state index is 11.6. The summed E-state index contributed by atoms with van der Waals surface area (Å²) in [6.45, 7) is 6.00. The largest absolute Gasteiger partial charge is 0.497 e. The number of hydrogen-bond donors (Lipinski definition) is 0. The molecule has 0 fully saturated rings. The fraction of sp³-hybridized carbons (Fsp3) is 0.448. The second kappa shape index (κ2) is 19.1. The van der Waals surface area contributed by atoms with E-state index >= 15 is 0 Å². The van der Waals surface area contributed by atoms with Crippen LogP contribution in [0.25, 0.3) is 0 Å². The van der Waals surface area contributed by atoms with Gasteiger partial charge in [0.05, 0.1) is 13.7 Å². The Bertz CT molecular complexity index is 994. The number of esters is 4. The highest BCUT2D eigenvalue weighted by molar-refractivity contribution is 5.81. The van der Waals surface area contributed by atoms with Gasteiger partial charge in [0.1, 0.15) is 36.4 Å². The monoisotopic (exact) mass is 546 g/mol. The minimum atomic E-state index is -0.612. The van der Waals surface area contributed by atoms with E-state index in [1.54, 1.807) is 68.7 Å². The van der Waals surface area contributed by atoms with Crippen LogP contribution in [-0.2, 0) is 38.1 Å². The molecule has 0 saturated carbocycles. The maximum Gasteiger partial charge on any atom is 0.330 e. The Hall–Kier alpha value is -4.08. The maximum atomic E-state index is 11.6. The molecule has 0 spiro atoms. The molecule has 0 aliphatic rings. The minimum Gasteiger partial charge on any atom is -0.497 e. The zero-order valence-corrected chi connectivity index (χ0v) is 23.1. The van der Waals surface area contributed by atoms with Gasteiger partial charge in [-0.15, -0.1) is 0 Å². The summed E-state index contributed by atoms with van der Waals surface area (Å²) >= 11 is 0. The van der Waals surface area contributed by atoms with Gasteiger partial charge >= 0.3 is 23.9 Å². The summed E-state index contributed by atoms with van der Waals surface area (Å²) in [5, 5.41) is 0. The van der Waals surface area contributed by atoms with E-state index in [9.17, 15) is 19.2 Å². The summed E-state index contributed by atoms with van der Waals surface area (Å²) in [5.74, 6) is -0.575. The van der Waals surface area contributed by atoms with Crippen molar-refractivity contribution in [2.75, 3.05) is 20.3 Å². The smallest absolute Gasteiger partial charge is 0.330 e. The second-order valence-electron chi connectivity index (χ2n) is 8.23. The van der Waals surface area contributed by atoms with Crippen LogP contribution in [0.5, 0.6) is 11.5 Å². The molecule has 0 unspecified atom stereocenters. The molecule has 1 aromatic carbocycles. The van der Waals surface area contributed by atoms with E-state index < -0.39 is 42.2 Å². The van der Waals surface area contributed by atoms with E-state index in [1.165, 1.54) is 26.8 Å². The minimum absolute atomic E-state index is 0.123. The molecule has 3 atom stereocenters. The SMILES string of the molecule is CCOC(=O)/C=C/C[C@H](/C=C/C[C@H](/C=C/C[C@@H](COc1ccc(OC)cc1)OC(C)=O)OC(C)=O)OC(C)=O.